The summed E-state index contributed by atoms with van der Waals surface area (Å²) < 4.78 is 0. The van der Waals surface area contributed by atoms with Crippen LogP contribution in [-0.2, 0) is 11.2 Å². The van der Waals surface area contributed by atoms with Crippen LogP contribution in [0.15, 0.2) is 67.6 Å². The van der Waals surface area contributed by atoms with E-state index in [4.69, 9.17) is 0 Å². The summed E-state index contributed by atoms with van der Waals surface area (Å²) in [5, 5.41) is 6.56. The molecular formula is C27H23N7O3S. The van der Waals surface area contributed by atoms with E-state index in [1.807, 2.05) is 30.3 Å². The number of aromatic nitrogens is 3. The number of anilines is 3. The van der Waals surface area contributed by atoms with Gasteiger partial charge in [-0.25, -0.2) is 19.7 Å². The molecule has 1 atom stereocenters. The van der Waals surface area contributed by atoms with E-state index < -0.39 is 6.03 Å². The first-order valence-corrected chi connectivity index (χ1v) is 12.9. The van der Waals surface area contributed by atoms with Crippen LogP contribution < -0.4 is 15.5 Å². The van der Waals surface area contributed by atoms with Gasteiger partial charge < -0.3 is 15.5 Å². The number of hydrogen-bond donors (Lipinski definition) is 2. The molecule has 4 amide bonds. The number of urea groups is 1. The fraction of sp³-hybridized carbons (Fsp3) is 0.185. The standard InChI is InChI=1S/C27H23N7O3S/c1-2-21(35)33-11-9-17(15-33)31-25(36)24-23-22-19(8-10-28-26(22)38-24)34(27(37)32-23)18-13-29-20(30-14-18)12-16-6-4-3-5-7-16/h2-8,10,13-14,17H,1,9,11-12,15H2,(H,31,36)(H,32,37)/t17-/m1/s1. The second-order valence-electron chi connectivity index (χ2n) is 9.05. The van der Waals surface area contributed by atoms with E-state index in [1.54, 1.807) is 29.6 Å². The molecule has 6 rings (SSSR count). The molecule has 0 spiro atoms. The van der Waals surface area contributed by atoms with Crippen LogP contribution in [0, 0.1) is 0 Å². The predicted octanol–water partition coefficient (Wildman–Crippen LogP) is 3.88. The average molecular weight is 526 g/mol. The Morgan fingerprint density at radius 3 is 2.71 bits per heavy atom. The number of hydrogen-bond acceptors (Lipinski definition) is 7. The van der Waals surface area contributed by atoms with E-state index in [-0.39, 0.29) is 17.9 Å². The van der Waals surface area contributed by atoms with E-state index >= 15 is 0 Å². The van der Waals surface area contributed by atoms with E-state index in [2.05, 4.69) is 32.2 Å². The van der Waals surface area contributed by atoms with Crippen molar-refractivity contribution in [3.8, 4) is 0 Å². The van der Waals surface area contributed by atoms with Crippen LogP contribution in [0.1, 0.15) is 27.5 Å². The molecule has 0 unspecified atom stereocenters. The van der Waals surface area contributed by atoms with Gasteiger partial charge in [0.15, 0.2) is 0 Å². The normalized spacial score (nSPS) is 16.4. The monoisotopic (exact) mass is 525 g/mol. The van der Waals surface area contributed by atoms with Crippen LogP contribution in [-0.4, -0.2) is 56.8 Å². The molecule has 2 N–H and O–H groups in total. The summed E-state index contributed by atoms with van der Waals surface area (Å²) in [7, 11) is 0. The Morgan fingerprint density at radius 1 is 1.16 bits per heavy atom. The molecule has 11 heteroatoms. The molecule has 2 aliphatic rings. The molecule has 1 aromatic carbocycles. The second kappa shape index (κ2) is 9.67. The minimum absolute atomic E-state index is 0.156. The van der Waals surface area contributed by atoms with Crippen molar-refractivity contribution < 1.29 is 14.4 Å². The summed E-state index contributed by atoms with van der Waals surface area (Å²) in [5.41, 5.74) is 2.64. The number of pyridine rings is 1. The molecular weight excluding hydrogens is 502 g/mol. The number of thiophene rings is 1. The molecule has 0 saturated carbocycles. The van der Waals surface area contributed by atoms with Gasteiger partial charge in [-0.3, -0.25) is 14.5 Å². The van der Waals surface area contributed by atoms with Crippen molar-refractivity contribution in [2.45, 2.75) is 18.9 Å². The maximum atomic E-state index is 13.3. The minimum Gasteiger partial charge on any atom is -0.347 e. The van der Waals surface area contributed by atoms with Gasteiger partial charge in [-0.05, 0) is 24.1 Å². The lowest BCUT2D eigenvalue weighted by atomic mass is 10.1. The number of likely N-dealkylation sites (tertiary alicyclic amines) is 1. The van der Waals surface area contributed by atoms with E-state index in [9.17, 15) is 14.4 Å². The molecule has 0 aliphatic carbocycles. The Morgan fingerprint density at radius 2 is 1.95 bits per heavy atom. The third-order valence-corrected chi connectivity index (χ3v) is 7.71. The lowest BCUT2D eigenvalue weighted by molar-refractivity contribution is -0.125. The number of amides is 4. The molecule has 2 aliphatic heterocycles. The van der Waals surface area contributed by atoms with Gasteiger partial charge in [-0.15, -0.1) is 11.3 Å². The summed E-state index contributed by atoms with van der Waals surface area (Å²) in [6.07, 6.45) is 7.37. The van der Waals surface area contributed by atoms with E-state index in [0.29, 0.717) is 63.9 Å². The number of benzene rings is 1. The van der Waals surface area contributed by atoms with Gasteiger partial charge in [0.1, 0.15) is 15.5 Å². The summed E-state index contributed by atoms with van der Waals surface area (Å²) in [4.78, 5) is 56.0. The number of nitrogens with zero attached hydrogens (tertiary/aromatic N) is 5. The largest absolute Gasteiger partial charge is 0.347 e. The Labute approximate surface area is 222 Å². The van der Waals surface area contributed by atoms with Gasteiger partial charge in [0.2, 0.25) is 5.91 Å². The van der Waals surface area contributed by atoms with Crippen molar-refractivity contribution in [2.24, 2.45) is 0 Å². The zero-order valence-electron chi connectivity index (χ0n) is 20.3. The van der Waals surface area contributed by atoms with Crippen LogP contribution in [0.3, 0.4) is 0 Å². The van der Waals surface area contributed by atoms with Crippen molar-refractivity contribution in [1.82, 2.24) is 25.2 Å². The maximum absolute atomic E-state index is 13.3. The number of rotatable bonds is 6. The molecule has 0 radical (unpaired) electrons. The number of carbonyl (C=O) groups excluding carboxylic acids is 3. The Balaban J connectivity index is 1.27. The zero-order valence-corrected chi connectivity index (χ0v) is 21.1. The number of nitrogens with one attached hydrogen (secondary N) is 2. The highest BCUT2D eigenvalue weighted by atomic mass is 32.1. The van der Waals surface area contributed by atoms with Crippen LogP contribution in [0.5, 0.6) is 0 Å². The molecule has 1 saturated heterocycles. The van der Waals surface area contributed by atoms with E-state index in [0.717, 1.165) is 5.56 Å². The zero-order chi connectivity index (χ0) is 26.2. The SMILES string of the molecule is C=CC(=O)N1CC[C@@H](NC(=O)c2sc3nccc4c3c2NC(=O)N4c2cnc(Cc3ccccc3)nc2)C1. The highest BCUT2D eigenvalue weighted by Crippen LogP contribution is 2.45. The lowest BCUT2D eigenvalue weighted by Crippen LogP contribution is -2.39. The van der Waals surface area contributed by atoms with E-state index in [1.165, 1.54) is 22.3 Å². The first-order chi connectivity index (χ1) is 18.5. The molecule has 3 aromatic heterocycles. The smallest absolute Gasteiger partial charge is 0.331 e. The first kappa shape index (κ1) is 23.7. The molecule has 10 nitrogen and oxygen atoms in total. The van der Waals surface area contributed by atoms with Crippen molar-refractivity contribution >= 4 is 56.5 Å². The van der Waals surface area contributed by atoms with Crippen LogP contribution >= 0.6 is 11.3 Å². The molecule has 38 heavy (non-hydrogen) atoms. The number of carbonyl (C=O) groups is 3. The Hall–Kier alpha value is -4.64. The van der Waals surface area contributed by atoms with Gasteiger partial charge in [-0.2, -0.15) is 0 Å². The summed E-state index contributed by atoms with van der Waals surface area (Å²) >= 11 is 1.22. The quantitative estimate of drug-likeness (QED) is 0.369. The average Bonchev–Trinajstić information content (AvgIpc) is 3.55. The highest BCUT2D eigenvalue weighted by Gasteiger charge is 2.34. The highest BCUT2D eigenvalue weighted by molar-refractivity contribution is 7.21. The van der Waals surface area contributed by atoms with Gasteiger partial charge in [0.25, 0.3) is 5.91 Å². The summed E-state index contributed by atoms with van der Waals surface area (Å²) in [6, 6.07) is 11.1. The molecule has 5 heterocycles. The first-order valence-electron chi connectivity index (χ1n) is 12.1. The molecule has 4 aromatic rings. The third-order valence-electron chi connectivity index (χ3n) is 6.62. The predicted molar refractivity (Wildman–Crippen MR) is 145 cm³/mol. The molecule has 1 fully saturated rings. The van der Waals surface area contributed by atoms with Gasteiger partial charge in [0.05, 0.1) is 34.8 Å². The van der Waals surface area contributed by atoms with Crippen LogP contribution in [0.25, 0.3) is 10.2 Å². The van der Waals surface area contributed by atoms with Crippen molar-refractivity contribution in [3.63, 3.8) is 0 Å². The molecule has 0 bridgehead atoms. The van der Waals surface area contributed by atoms with Gasteiger partial charge in [-0.1, -0.05) is 36.9 Å². The second-order valence-corrected chi connectivity index (χ2v) is 10.0. The van der Waals surface area contributed by atoms with Crippen molar-refractivity contribution in [3.05, 3.63) is 83.9 Å². The minimum atomic E-state index is -0.416. The van der Waals surface area contributed by atoms with Crippen LogP contribution in [0.2, 0.25) is 0 Å². The third kappa shape index (κ3) is 4.26. The summed E-state index contributed by atoms with van der Waals surface area (Å²) in [6.45, 7) is 4.49. The van der Waals surface area contributed by atoms with Crippen LogP contribution in [0.4, 0.5) is 21.9 Å². The maximum Gasteiger partial charge on any atom is 0.331 e. The molecule has 190 valence electrons. The van der Waals surface area contributed by atoms with Crippen molar-refractivity contribution in [2.75, 3.05) is 23.3 Å². The lowest BCUT2D eigenvalue weighted by Gasteiger charge is -2.28. The van der Waals surface area contributed by atoms with Gasteiger partial charge in [0, 0.05) is 31.7 Å². The van der Waals surface area contributed by atoms with Crippen molar-refractivity contribution in [1.29, 1.82) is 0 Å². The fourth-order valence-electron chi connectivity index (χ4n) is 4.79. The Kier molecular flexibility index (Phi) is 6.04. The summed E-state index contributed by atoms with van der Waals surface area (Å²) in [5.74, 6) is 0.180. The topological polar surface area (TPSA) is 120 Å². The van der Waals surface area contributed by atoms with Gasteiger partial charge >= 0.3 is 6.03 Å². The Bertz CT molecular complexity index is 1570. The fourth-order valence-corrected chi connectivity index (χ4v) is 5.81.